The molecule has 2 N–H and O–H groups in total. The number of hydrogen-bond acceptors (Lipinski definition) is 6. The molecule has 4 nitrogen and oxygen atoms in total. The van der Waals surface area contributed by atoms with Crippen molar-refractivity contribution in [2.45, 2.75) is 0 Å². The second-order valence-electron chi connectivity index (χ2n) is 1.43. The van der Waals surface area contributed by atoms with Crippen LogP contribution in [0.3, 0.4) is 0 Å². The van der Waals surface area contributed by atoms with Crippen LogP contribution < -0.4 is 0 Å². The fourth-order valence-electron chi connectivity index (χ4n) is 0.440. The molecular formula is C6H10N2O2S2. The van der Waals surface area contributed by atoms with Crippen molar-refractivity contribution in [1.82, 2.24) is 0 Å². The third-order valence-electron chi connectivity index (χ3n) is 0.744. The Morgan fingerprint density at radius 1 is 0.833 bits per heavy atom. The van der Waals surface area contributed by atoms with E-state index in [-0.39, 0.29) is 0 Å². The summed E-state index contributed by atoms with van der Waals surface area (Å²) in [6.45, 7) is 0. The van der Waals surface area contributed by atoms with Gasteiger partial charge in [0.25, 0.3) is 0 Å². The molecule has 1 rings (SSSR count). The topological polar surface area (TPSA) is 81.8 Å². The second-order valence-corrected chi connectivity index (χ2v) is 3.88. The molecule has 0 saturated carbocycles. The number of carbonyl (C=O) groups excluding carboxylic acids is 2. The molecule has 6 heteroatoms. The number of rotatable bonds is 0. The van der Waals surface area contributed by atoms with Crippen molar-refractivity contribution < 1.29 is 9.59 Å². The minimum atomic E-state index is 0.750. The summed E-state index contributed by atoms with van der Waals surface area (Å²) in [5.41, 5.74) is 0. The van der Waals surface area contributed by atoms with Gasteiger partial charge < -0.3 is 0 Å². The van der Waals surface area contributed by atoms with Crippen molar-refractivity contribution in [2.24, 2.45) is 0 Å². The predicted molar refractivity (Wildman–Crippen MR) is 51.5 cm³/mol. The Labute approximate surface area is 79.5 Å². The zero-order valence-corrected chi connectivity index (χ0v) is 8.09. The summed E-state index contributed by atoms with van der Waals surface area (Å²) in [7, 11) is 0. The van der Waals surface area contributed by atoms with Crippen molar-refractivity contribution >= 4 is 35.7 Å². The zero-order valence-electron chi connectivity index (χ0n) is 6.46. The van der Waals surface area contributed by atoms with Gasteiger partial charge >= 0.3 is 0 Å². The van der Waals surface area contributed by atoms with Crippen LogP contribution in [0.15, 0.2) is 0 Å². The lowest BCUT2D eigenvalue weighted by molar-refractivity contribution is 0.562. The summed E-state index contributed by atoms with van der Waals surface area (Å²) in [6.07, 6.45) is 1.50. The van der Waals surface area contributed by atoms with Gasteiger partial charge in [0.1, 0.15) is 0 Å². The van der Waals surface area contributed by atoms with E-state index >= 15 is 0 Å². The van der Waals surface area contributed by atoms with E-state index in [1.807, 2.05) is 0 Å². The van der Waals surface area contributed by atoms with Crippen LogP contribution in [0.25, 0.3) is 0 Å². The first-order valence-corrected chi connectivity index (χ1v) is 5.37. The van der Waals surface area contributed by atoms with Gasteiger partial charge in [0.2, 0.25) is 12.2 Å². The molecule has 0 atom stereocenters. The maximum atomic E-state index is 8.35. The summed E-state index contributed by atoms with van der Waals surface area (Å²) in [5.74, 6) is 5.52. The van der Waals surface area contributed by atoms with Crippen LogP contribution in [-0.4, -0.2) is 35.2 Å². The van der Waals surface area contributed by atoms with Gasteiger partial charge in [-0.25, -0.2) is 20.4 Å². The quantitative estimate of drug-likeness (QED) is 0.462. The standard InChI is InChI=1S/C4H8S2.2CHNO/c1-2-6-4-3-5-1;2*2-1-3/h1-4H2;2*2H. The minimum Gasteiger partial charge on any atom is -0.222 e. The molecule has 1 saturated heterocycles. The Morgan fingerprint density at radius 3 is 1.08 bits per heavy atom. The molecule has 1 aliphatic heterocycles. The Balaban J connectivity index is 0. The van der Waals surface area contributed by atoms with Gasteiger partial charge in [0.05, 0.1) is 0 Å². The molecule has 1 heterocycles. The van der Waals surface area contributed by atoms with Crippen molar-refractivity contribution in [3.8, 4) is 0 Å². The fraction of sp³-hybridized carbons (Fsp3) is 0.667. The van der Waals surface area contributed by atoms with Gasteiger partial charge in [-0.1, -0.05) is 0 Å². The number of thioether (sulfide) groups is 2. The van der Waals surface area contributed by atoms with Crippen molar-refractivity contribution in [3.63, 3.8) is 0 Å². The van der Waals surface area contributed by atoms with Crippen LogP contribution in [0, 0.1) is 10.8 Å². The Morgan fingerprint density at radius 2 is 1.00 bits per heavy atom. The summed E-state index contributed by atoms with van der Waals surface area (Å²) >= 11 is 4.15. The molecular weight excluding hydrogens is 196 g/mol. The molecule has 0 spiro atoms. The van der Waals surface area contributed by atoms with Gasteiger partial charge in [-0.2, -0.15) is 23.5 Å². The van der Waals surface area contributed by atoms with E-state index < -0.39 is 0 Å². The highest BCUT2D eigenvalue weighted by Crippen LogP contribution is 2.14. The summed E-state index contributed by atoms with van der Waals surface area (Å²) in [4.78, 5) is 16.7. The van der Waals surface area contributed by atoms with E-state index in [2.05, 4.69) is 23.5 Å². The van der Waals surface area contributed by atoms with Gasteiger partial charge in [-0.05, 0) is 0 Å². The molecule has 0 aromatic rings. The van der Waals surface area contributed by atoms with Crippen molar-refractivity contribution in [3.05, 3.63) is 0 Å². The van der Waals surface area contributed by atoms with Crippen LogP contribution >= 0.6 is 23.5 Å². The molecule has 12 heavy (non-hydrogen) atoms. The molecule has 0 aromatic heterocycles. The Bertz CT molecular complexity index is 124. The van der Waals surface area contributed by atoms with E-state index in [1.54, 1.807) is 0 Å². The predicted octanol–water partition coefficient (Wildman–Crippen LogP) is 1.27. The first-order chi connectivity index (χ1) is 5.83. The second kappa shape index (κ2) is 16.8. The van der Waals surface area contributed by atoms with Crippen LogP contribution in [0.4, 0.5) is 0 Å². The van der Waals surface area contributed by atoms with Crippen LogP contribution in [-0.2, 0) is 9.59 Å². The lowest BCUT2D eigenvalue weighted by atomic mass is 10.9. The van der Waals surface area contributed by atoms with E-state index in [1.165, 1.54) is 23.0 Å². The van der Waals surface area contributed by atoms with Gasteiger partial charge in [-0.3, -0.25) is 0 Å². The third-order valence-corrected chi connectivity index (χ3v) is 3.23. The summed E-state index contributed by atoms with van der Waals surface area (Å²) in [5, 5.41) is 10.8. The molecule has 0 bridgehead atoms. The molecule has 0 aromatic carbocycles. The molecule has 1 fully saturated rings. The summed E-state index contributed by atoms with van der Waals surface area (Å²) < 4.78 is 0. The van der Waals surface area contributed by atoms with Crippen molar-refractivity contribution in [1.29, 1.82) is 10.8 Å². The highest BCUT2D eigenvalue weighted by molar-refractivity contribution is 8.06. The van der Waals surface area contributed by atoms with Gasteiger partial charge in [-0.15, -0.1) is 0 Å². The molecule has 0 amide bonds. The normalized spacial score (nSPS) is 13.3. The van der Waals surface area contributed by atoms with Crippen LogP contribution in [0.2, 0.25) is 0 Å². The fourth-order valence-corrected chi connectivity index (χ4v) is 2.73. The monoisotopic (exact) mass is 206 g/mol. The zero-order chi connectivity index (χ0) is 9.66. The largest absolute Gasteiger partial charge is 0.231 e. The summed E-state index contributed by atoms with van der Waals surface area (Å²) in [6, 6.07) is 0. The van der Waals surface area contributed by atoms with Crippen LogP contribution in [0.1, 0.15) is 0 Å². The SMILES string of the molecule is C1CSCCS1.N=C=O.N=C=O. The molecule has 68 valence electrons. The molecule has 0 aliphatic carbocycles. The van der Waals surface area contributed by atoms with Gasteiger partial charge in [0, 0.05) is 23.0 Å². The van der Waals surface area contributed by atoms with E-state index in [0.717, 1.165) is 12.2 Å². The molecule has 0 radical (unpaired) electrons. The highest BCUT2D eigenvalue weighted by atomic mass is 32.2. The lowest BCUT2D eigenvalue weighted by Gasteiger charge is -2.05. The molecule has 0 unspecified atom stereocenters. The minimum absolute atomic E-state index is 0.750. The van der Waals surface area contributed by atoms with E-state index in [9.17, 15) is 0 Å². The average molecular weight is 206 g/mol. The maximum absolute atomic E-state index is 8.35. The van der Waals surface area contributed by atoms with Crippen molar-refractivity contribution in [2.75, 3.05) is 23.0 Å². The Hall–Kier alpha value is -0.540. The number of hydrogen-bond donors (Lipinski definition) is 2. The first-order valence-electron chi connectivity index (χ1n) is 3.06. The third kappa shape index (κ3) is 22.7. The smallest absolute Gasteiger partial charge is 0.222 e. The maximum Gasteiger partial charge on any atom is 0.231 e. The number of isocyanates is 2. The Kier molecular flexibility index (Phi) is 19.6. The lowest BCUT2D eigenvalue weighted by Crippen LogP contribution is -1.97. The first kappa shape index (κ1) is 14.0. The highest BCUT2D eigenvalue weighted by Gasteiger charge is 1.95. The van der Waals surface area contributed by atoms with Gasteiger partial charge in [0.15, 0.2) is 0 Å². The van der Waals surface area contributed by atoms with E-state index in [4.69, 9.17) is 20.4 Å². The average Bonchev–Trinajstić information content (AvgIpc) is 2.10. The number of nitrogens with one attached hydrogen (secondary N) is 2. The van der Waals surface area contributed by atoms with E-state index in [0.29, 0.717) is 0 Å². The molecule has 1 aliphatic rings. The van der Waals surface area contributed by atoms with Crippen LogP contribution in [0.5, 0.6) is 0 Å².